The monoisotopic (exact) mass is 279 g/mol. The summed E-state index contributed by atoms with van der Waals surface area (Å²) in [7, 11) is -3.15. The number of rotatable bonds is 7. The van der Waals surface area contributed by atoms with Gasteiger partial charge in [0.25, 0.3) is 0 Å². The molecule has 0 rings (SSSR count). The SMILES string of the molecule is CC(C)(C)NS(=O)(=O)CCCCCOC(C)(C)C. The zero-order valence-electron chi connectivity index (χ0n) is 12.7. The first-order valence-electron chi connectivity index (χ1n) is 6.57. The number of ether oxygens (including phenoxy) is 1. The van der Waals surface area contributed by atoms with E-state index >= 15 is 0 Å². The highest BCUT2D eigenvalue weighted by Gasteiger charge is 2.19. The lowest BCUT2D eigenvalue weighted by Crippen LogP contribution is -2.41. The van der Waals surface area contributed by atoms with E-state index in [2.05, 4.69) is 4.72 Å². The molecule has 0 saturated heterocycles. The van der Waals surface area contributed by atoms with Crippen LogP contribution in [0.15, 0.2) is 0 Å². The fourth-order valence-corrected chi connectivity index (χ4v) is 3.09. The average molecular weight is 279 g/mol. The second-order valence-corrected chi connectivity index (χ2v) is 8.53. The van der Waals surface area contributed by atoms with Gasteiger partial charge in [0.2, 0.25) is 10.0 Å². The van der Waals surface area contributed by atoms with Crippen LogP contribution in [-0.4, -0.2) is 31.9 Å². The zero-order valence-corrected chi connectivity index (χ0v) is 13.5. The van der Waals surface area contributed by atoms with E-state index in [4.69, 9.17) is 4.74 Å². The Labute approximate surface area is 113 Å². The fraction of sp³-hybridized carbons (Fsp3) is 1.00. The van der Waals surface area contributed by atoms with Crippen LogP contribution in [-0.2, 0) is 14.8 Å². The molecular weight excluding hydrogens is 250 g/mol. The molecule has 0 atom stereocenters. The molecule has 0 aliphatic carbocycles. The van der Waals surface area contributed by atoms with Crippen molar-refractivity contribution in [1.82, 2.24) is 4.72 Å². The molecule has 4 nitrogen and oxygen atoms in total. The summed E-state index contributed by atoms with van der Waals surface area (Å²) in [5.41, 5.74) is -0.506. The average Bonchev–Trinajstić information content (AvgIpc) is 2.04. The molecule has 0 spiro atoms. The van der Waals surface area contributed by atoms with Crippen LogP contribution in [0.5, 0.6) is 0 Å². The van der Waals surface area contributed by atoms with E-state index in [0.29, 0.717) is 13.0 Å². The first-order valence-corrected chi connectivity index (χ1v) is 8.22. The minimum absolute atomic E-state index is 0.111. The second-order valence-electron chi connectivity index (χ2n) is 6.69. The van der Waals surface area contributed by atoms with Crippen molar-refractivity contribution in [3.8, 4) is 0 Å². The quantitative estimate of drug-likeness (QED) is 0.729. The Kier molecular flexibility index (Phi) is 6.82. The van der Waals surface area contributed by atoms with Gasteiger partial charge < -0.3 is 4.74 Å². The number of hydrogen-bond acceptors (Lipinski definition) is 3. The standard InChI is InChI=1S/C13H29NO3S/c1-12(2,3)14-18(15,16)11-9-7-8-10-17-13(4,5)6/h14H,7-11H2,1-6H3. The van der Waals surface area contributed by atoms with E-state index in [1.807, 2.05) is 41.5 Å². The molecule has 18 heavy (non-hydrogen) atoms. The number of hydrogen-bond donors (Lipinski definition) is 1. The number of sulfonamides is 1. The van der Waals surface area contributed by atoms with E-state index in [-0.39, 0.29) is 11.4 Å². The predicted molar refractivity (Wildman–Crippen MR) is 76.2 cm³/mol. The highest BCUT2D eigenvalue weighted by atomic mass is 32.2. The van der Waals surface area contributed by atoms with Crippen LogP contribution in [0.3, 0.4) is 0 Å². The van der Waals surface area contributed by atoms with Gasteiger partial charge in [0.15, 0.2) is 0 Å². The summed E-state index contributed by atoms with van der Waals surface area (Å²) in [6.07, 6.45) is 2.46. The van der Waals surface area contributed by atoms with Crippen molar-refractivity contribution in [3.63, 3.8) is 0 Å². The molecule has 0 saturated carbocycles. The summed E-state index contributed by atoms with van der Waals surface area (Å²) in [6.45, 7) is 12.3. The molecule has 0 aromatic carbocycles. The maximum atomic E-state index is 11.7. The summed E-state index contributed by atoms with van der Waals surface area (Å²) < 4.78 is 31.6. The molecule has 0 aromatic rings. The summed E-state index contributed by atoms with van der Waals surface area (Å²) in [5.74, 6) is 0.194. The third-order valence-corrected chi connectivity index (χ3v) is 3.80. The summed E-state index contributed by atoms with van der Waals surface area (Å²) in [6, 6.07) is 0. The van der Waals surface area contributed by atoms with Crippen molar-refractivity contribution in [3.05, 3.63) is 0 Å². The lowest BCUT2D eigenvalue weighted by atomic mass is 10.1. The first kappa shape index (κ1) is 17.9. The Hall–Kier alpha value is -0.130. The molecule has 1 N–H and O–H groups in total. The van der Waals surface area contributed by atoms with Crippen molar-refractivity contribution < 1.29 is 13.2 Å². The Morgan fingerprint density at radius 2 is 1.50 bits per heavy atom. The van der Waals surface area contributed by atoms with E-state index < -0.39 is 15.6 Å². The van der Waals surface area contributed by atoms with Gasteiger partial charge in [-0.15, -0.1) is 0 Å². The van der Waals surface area contributed by atoms with Gasteiger partial charge in [-0.05, 0) is 54.4 Å². The smallest absolute Gasteiger partial charge is 0.212 e. The molecule has 0 aliphatic heterocycles. The Bertz CT molecular complexity index is 323. The van der Waals surface area contributed by atoms with Crippen LogP contribution in [0, 0.1) is 0 Å². The van der Waals surface area contributed by atoms with Crippen molar-refractivity contribution in [1.29, 1.82) is 0 Å². The van der Waals surface area contributed by atoms with Gasteiger partial charge in [0.1, 0.15) is 0 Å². The number of nitrogens with one attached hydrogen (secondary N) is 1. The zero-order chi connectivity index (χ0) is 14.4. The molecule has 0 radical (unpaired) electrons. The van der Waals surface area contributed by atoms with Crippen molar-refractivity contribution in [2.75, 3.05) is 12.4 Å². The summed E-state index contributed by atoms with van der Waals surface area (Å²) in [5, 5.41) is 0. The van der Waals surface area contributed by atoms with E-state index in [1.54, 1.807) is 0 Å². The molecule has 0 unspecified atom stereocenters. The van der Waals surface area contributed by atoms with Crippen molar-refractivity contribution in [2.45, 2.75) is 71.9 Å². The largest absolute Gasteiger partial charge is 0.376 e. The first-order chi connectivity index (χ1) is 7.91. The molecule has 0 aliphatic rings. The van der Waals surface area contributed by atoms with Gasteiger partial charge in [-0.3, -0.25) is 0 Å². The summed E-state index contributed by atoms with van der Waals surface area (Å²) in [4.78, 5) is 0. The molecule has 0 amide bonds. The molecular formula is C13H29NO3S. The third-order valence-electron chi connectivity index (χ3n) is 2.05. The van der Waals surface area contributed by atoms with Gasteiger partial charge in [-0.1, -0.05) is 6.42 Å². The van der Waals surface area contributed by atoms with Gasteiger partial charge in [-0.25, -0.2) is 13.1 Å². The Balaban J connectivity index is 3.73. The molecule has 0 fully saturated rings. The Morgan fingerprint density at radius 3 is 1.94 bits per heavy atom. The van der Waals surface area contributed by atoms with Crippen molar-refractivity contribution in [2.24, 2.45) is 0 Å². The number of unbranched alkanes of at least 4 members (excludes halogenated alkanes) is 2. The highest BCUT2D eigenvalue weighted by molar-refractivity contribution is 7.89. The van der Waals surface area contributed by atoms with Crippen LogP contribution in [0.1, 0.15) is 60.8 Å². The fourth-order valence-electron chi connectivity index (χ4n) is 1.47. The van der Waals surface area contributed by atoms with Crippen LogP contribution in [0.4, 0.5) is 0 Å². The van der Waals surface area contributed by atoms with Crippen LogP contribution >= 0.6 is 0 Å². The molecule has 0 bridgehead atoms. The minimum atomic E-state index is -3.15. The van der Waals surface area contributed by atoms with Crippen LogP contribution in [0.2, 0.25) is 0 Å². The van der Waals surface area contributed by atoms with Crippen LogP contribution in [0.25, 0.3) is 0 Å². The van der Waals surface area contributed by atoms with Crippen molar-refractivity contribution >= 4 is 10.0 Å². The van der Waals surface area contributed by atoms with Gasteiger partial charge in [0.05, 0.1) is 11.4 Å². The molecule has 0 aromatic heterocycles. The molecule has 5 heteroatoms. The normalized spacial score (nSPS) is 13.9. The highest BCUT2D eigenvalue weighted by Crippen LogP contribution is 2.09. The lowest BCUT2D eigenvalue weighted by molar-refractivity contribution is -0.00460. The van der Waals surface area contributed by atoms with Crippen LogP contribution < -0.4 is 4.72 Å². The third kappa shape index (κ3) is 12.3. The lowest BCUT2D eigenvalue weighted by Gasteiger charge is -2.20. The van der Waals surface area contributed by atoms with Gasteiger partial charge in [-0.2, -0.15) is 0 Å². The predicted octanol–water partition coefficient (Wildman–Crippen LogP) is 2.69. The molecule has 0 heterocycles. The summed E-state index contributed by atoms with van der Waals surface area (Å²) >= 11 is 0. The maximum Gasteiger partial charge on any atom is 0.212 e. The Morgan fingerprint density at radius 1 is 0.944 bits per heavy atom. The van der Waals surface area contributed by atoms with Gasteiger partial charge in [0, 0.05) is 12.1 Å². The van der Waals surface area contributed by atoms with Gasteiger partial charge >= 0.3 is 0 Å². The molecule has 110 valence electrons. The van der Waals surface area contributed by atoms with E-state index in [9.17, 15) is 8.42 Å². The minimum Gasteiger partial charge on any atom is -0.376 e. The second kappa shape index (κ2) is 6.87. The van der Waals surface area contributed by atoms with E-state index in [1.165, 1.54) is 0 Å². The topological polar surface area (TPSA) is 55.4 Å². The maximum absolute atomic E-state index is 11.7. The van der Waals surface area contributed by atoms with E-state index in [0.717, 1.165) is 12.8 Å².